The molecule has 1 aromatic heterocycles. The van der Waals surface area contributed by atoms with E-state index in [1.807, 2.05) is 6.92 Å². The van der Waals surface area contributed by atoms with Gasteiger partial charge in [-0.3, -0.25) is 14.8 Å². The first-order valence-corrected chi connectivity index (χ1v) is 10.1. The van der Waals surface area contributed by atoms with Crippen molar-refractivity contribution < 1.29 is 13.3 Å². The summed E-state index contributed by atoms with van der Waals surface area (Å²) in [6.45, 7) is 1.88. The summed E-state index contributed by atoms with van der Waals surface area (Å²) >= 11 is 0. The van der Waals surface area contributed by atoms with E-state index >= 15 is 0 Å². The number of hydrogen-bond acceptors (Lipinski definition) is 5. The highest BCUT2D eigenvalue weighted by Crippen LogP contribution is 2.30. The second kappa shape index (κ2) is 7.02. The zero-order valence-electron chi connectivity index (χ0n) is 15.3. The Morgan fingerprint density at radius 3 is 2.48 bits per heavy atom. The Morgan fingerprint density at radius 2 is 1.76 bits per heavy atom. The van der Waals surface area contributed by atoms with Crippen molar-refractivity contribution in [2.24, 2.45) is 0 Å². The van der Waals surface area contributed by atoms with Crippen LogP contribution in [-0.2, 0) is 10.0 Å². The van der Waals surface area contributed by atoms with E-state index in [0.717, 1.165) is 5.56 Å². The molecule has 0 aliphatic rings. The van der Waals surface area contributed by atoms with Crippen molar-refractivity contribution in [2.75, 3.05) is 4.72 Å². The Hall–Kier alpha value is -3.72. The lowest BCUT2D eigenvalue weighted by Gasteiger charge is -2.11. The molecule has 0 amide bonds. The zero-order valence-corrected chi connectivity index (χ0v) is 16.1. The van der Waals surface area contributed by atoms with Gasteiger partial charge in [0.25, 0.3) is 15.7 Å². The number of sulfonamides is 1. The minimum atomic E-state index is -3.79. The van der Waals surface area contributed by atoms with Crippen molar-refractivity contribution in [3.8, 4) is 11.4 Å². The van der Waals surface area contributed by atoms with Crippen LogP contribution in [0.25, 0.3) is 22.4 Å². The molecule has 9 heteroatoms. The standard InChI is InChI=1S/C20H16N4O4S/c1-13-6-9-15(10-7-13)29(27,28)23-17-5-3-2-4-16(17)20-21-18-11-8-14(24(25)26)12-19(18)22-20/h2-12,23H,1H3,(H,21,22). The Morgan fingerprint density at radius 1 is 1.03 bits per heavy atom. The largest absolute Gasteiger partial charge is 0.338 e. The van der Waals surface area contributed by atoms with Crippen LogP contribution in [0, 0.1) is 17.0 Å². The average molecular weight is 408 g/mol. The van der Waals surface area contributed by atoms with Crippen LogP contribution in [-0.4, -0.2) is 23.3 Å². The highest BCUT2D eigenvalue weighted by Gasteiger charge is 2.18. The Bertz CT molecular complexity index is 1330. The number of nitro benzene ring substituents is 1. The van der Waals surface area contributed by atoms with Crippen LogP contribution in [0.2, 0.25) is 0 Å². The summed E-state index contributed by atoms with van der Waals surface area (Å²) in [4.78, 5) is 18.1. The molecule has 2 N–H and O–H groups in total. The van der Waals surface area contributed by atoms with E-state index in [-0.39, 0.29) is 10.6 Å². The van der Waals surface area contributed by atoms with Crippen molar-refractivity contribution in [1.29, 1.82) is 0 Å². The fourth-order valence-electron chi connectivity index (χ4n) is 2.94. The molecule has 0 fully saturated rings. The fraction of sp³-hybridized carbons (Fsp3) is 0.0500. The fourth-order valence-corrected chi connectivity index (χ4v) is 4.02. The number of nitrogens with one attached hydrogen (secondary N) is 2. The lowest BCUT2D eigenvalue weighted by atomic mass is 10.2. The van der Waals surface area contributed by atoms with Crippen LogP contribution in [0.5, 0.6) is 0 Å². The van der Waals surface area contributed by atoms with Gasteiger partial charge < -0.3 is 4.98 Å². The number of para-hydroxylation sites is 1. The van der Waals surface area contributed by atoms with E-state index < -0.39 is 14.9 Å². The molecule has 0 aliphatic heterocycles. The third kappa shape index (κ3) is 3.67. The van der Waals surface area contributed by atoms with E-state index in [1.165, 1.54) is 12.1 Å². The number of nitro groups is 1. The zero-order chi connectivity index (χ0) is 20.6. The summed E-state index contributed by atoms with van der Waals surface area (Å²) in [6.07, 6.45) is 0. The predicted octanol–water partition coefficient (Wildman–Crippen LogP) is 4.25. The van der Waals surface area contributed by atoms with Crippen LogP contribution in [0.4, 0.5) is 11.4 Å². The minimum absolute atomic E-state index is 0.0546. The van der Waals surface area contributed by atoms with Crippen LogP contribution in [0.15, 0.2) is 71.6 Å². The van der Waals surface area contributed by atoms with Gasteiger partial charge in [0, 0.05) is 17.7 Å². The second-order valence-electron chi connectivity index (χ2n) is 6.51. The maximum absolute atomic E-state index is 12.8. The second-order valence-corrected chi connectivity index (χ2v) is 8.19. The van der Waals surface area contributed by atoms with E-state index in [9.17, 15) is 18.5 Å². The first kappa shape index (κ1) is 18.6. The van der Waals surface area contributed by atoms with Gasteiger partial charge in [0.15, 0.2) is 0 Å². The highest BCUT2D eigenvalue weighted by molar-refractivity contribution is 7.92. The molecule has 0 saturated heterocycles. The maximum Gasteiger partial charge on any atom is 0.271 e. The normalized spacial score (nSPS) is 11.5. The molecule has 0 spiro atoms. The number of benzene rings is 3. The summed E-state index contributed by atoms with van der Waals surface area (Å²) in [5.74, 6) is 0.405. The van der Waals surface area contributed by atoms with Crippen molar-refractivity contribution >= 4 is 32.4 Å². The summed E-state index contributed by atoms with van der Waals surface area (Å²) in [6, 6.07) is 17.7. The summed E-state index contributed by atoms with van der Waals surface area (Å²) in [5, 5.41) is 11.0. The van der Waals surface area contributed by atoms with Crippen LogP contribution in [0.3, 0.4) is 0 Å². The highest BCUT2D eigenvalue weighted by atomic mass is 32.2. The summed E-state index contributed by atoms with van der Waals surface area (Å²) < 4.78 is 28.1. The third-order valence-electron chi connectivity index (χ3n) is 4.43. The molecule has 29 heavy (non-hydrogen) atoms. The van der Waals surface area contributed by atoms with Gasteiger partial charge in [-0.1, -0.05) is 29.8 Å². The van der Waals surface area contributed by atoms with Gasteiger partial charge in [0.05, 0.1) is 26.5 Å². The molecular formula is C20H16N4O4S. The quantitative estimate of drug-likeness (QED) is 0.378. The van der Waals surface area contributed by atoms with E-state index in [4.69, 9.17) is 0 Å². The molecule has 146 valence electrons. The minimum Gasteiger partial charge on any atom is -0.338 e. The van der Waals surface area contributed by atoms with Crippen molar-refractivity contribution in [3.63, 3.8) is 0 Å². The molecule has 3 aromatic carbocycles. The Kier molecular flexibility index (Phi) is 4.51. The van der Waals surface area contributed by atoms with Gasteiger partial charge in [0.2, 0.25) is 0 Å². The van der Waals surface area contributed by atoms with Crippen molar-refractivity contribution in [3.05, 3.63) is 82.4 Å². The number of anilines is 1. The van der Waals surface area contributed by atoms with Gasteiger partial charge in [-0.2, -0.15) is 0 Å². The lowest BCUT2D eigenvalue weighted by molar-refractivity contribution is -0.384. The Balaban J connectivity index is 1.74. The molecule has 0 radical (unpaired) electrons. The molecule has 4 aromatic rings. The molecule has 4 rings (SSSR count). The first-order valence-electron chi connectivity index (χ1n) is 8.66. The molecule has 0 bridgehead atoms. The SMILES string of the molecule is Cc1ccc(S(=O)(=O)Nc2ccccc2-c2nc3ccc([N+](=O)[O-])cc3[nH]2)cc1. The molecule has 0 unspecified atom stereocenters. The van der Waals surface area contributed by atoms with Gasteiger partial charge in [-0.15, -0.1) is 0 Å². The number of rotatable bonds is 5. The van der Waals surface area contributed by atoms with Gasteiger partial charge >= 0.3 is 0 Å². The molecule has 0 saturated carbocycles. The Labute approximate surface area is 166 Å². The summed E-state index contributed by atoms with van der Waals surface area (Å²) in [5.41, 5.74) is 2.82. The maximum atomic E-state index is 12.8. The molecule has 0 aliphatic carbocycles. The van der Waals surface area contributed by atoms with E-state index in [2.05, 4.69) is 14.7 Å². The smallest absolute Gasteiger partial charge is 0.271 e. The molecule has 8 nitrogen and oxygen atoms in total. The van der Waals surface area contributed by atoms with Crippen LogP contribution in [0.1, 0.15) is 5.56 Å². The number of non-ortho nitro benzene ring substituents is 1. The average Bonchev–Trinajstić information content (AvgIpc) is 3.11. The first-order chi connectivity index (χ1) is 13.8. The molecule has 0 atom stereocenters. The van der Waals surface area contributed by atoms with Gasteiger partial charge in [0.1, 0.15) is 5.82 Å². The van der Waals surface area contributed by atoms with Crippen molar-refractivity contribution in [2.45, 2.75) is 11.8 Å². The monoisotopic (exact) mass is 408 g/mol. The number of imidazole rings is 1. The molecular weight excluding hydrogens is 392 g/mol. The lowest BCUT2D eigenvalue weighted by Crippen LogP contribution is -2.13. The topological polar surface area (TPSA) is 118 Å². The number of nitrogens with zero attached hydrogens (tertiary/aromatic N) is 2. The van der Waals surface area contributed by atoms with Crippen LogP contribution >= 0.6 is 0 Å². The molecule has 1 heterocycles. The number of aromatic amines is 1. The van der Waals surface area contributed by atoms with Crippen LogP contribution < -0.4 is 4.72 Å². The number of aryl methyl sites for hydroxylation is 1. The van der Waals surface area contributed by atoms with Gasteiger partial charge in [-0.25, -0.2) is 13.4 Å². The van der Waals surface area contributed by atoms with E-state index in [1.54, 1.807) is 54.6 Å². The van der Waals surface area contributed by atoms with E-state index in [0.29, 0.717) is 28.1 Å². The van der Waals surface area contributed by atoms with Crippen molar-refractivity contribution in [1.82, 2.24) is 9.97 Å². The number of hydrogen-bond donors (Lipinski definition) is 2. The number of aromatic nitrogens is 2. The number of fused-ring (bicyclic) bond motifs is 1. The third-order valence-corrected chi connectivity index (χ3v) is 5.82. The summed E-state index contributed by atoms with van der Waals surface area (Å²) in [7, 11) is -3.79. The number of H-pyrrole nitrogens is 1. The van der Waals surface area contributed by atoms with Gasteiger partial charge in [-0.05, 0) is 37.3 Å². The predicted molar refractivity (Wildman–Crippen MR) is 110 cm³/mol.